The van der Waals surface area contributed by atoms with Crippen LogP contribution in [0.25, 0.3) is 0 Å². The van der Waals surface area contributed by atoms with Gasteiger partial charge in [-0.25, -0.2) is 4.79 Å². The lowest BCUT2D eigenvalue weighted by molar-refractivity contribution is -0.127. The van der Waals surface area contributed by atoms with E-state index in [1.54, 1.807) is 24.3 Å². The summed E-state index contributed by atoms with van der Waals surface area (Å²) in [7, 11) is 0. The van der Waals surface area contributed by atoms with E-state index in [0.29, 0.717) is 12.1 Å². The molecule has 0 radical (unpaired) electrons. The van der Waals surface area contributed by atoms with Crippen LogP contribution in [0.2, 0.25) is 0 Å². The molecule has 0 spiro atoms. The Bertz CT molecular complexity index is 497. The minimum atomic E-state index is -0.569. The Morgan fingerprint density at radius 3 is 2.33 bits per heavy atom. The van der Waals surface area contributed by atoms with E-state index in [2.05, 4.69) is 10.6 Å². The van der Waals surface area contributed by atoms with Gasteiger partial charge in [0, 0.05) is 6.54 Å². The van der Waals surface area contributed by atoms with Gasteiger partial charge in [0.1, 0.15) is 0 Å². The maximum Gasteiger partial charge on any atom is 0.338 e. The Balaban J connectivity index is 2.28. The first-order valence-corrected chi connectivity index (χ1v) is 6.80. The zero-order chi connectivity index (χ0) is 15.7. The van der Waals surface area contributed by atoms with Gasteiger partial charge in [0.15, 0.2) is 6.61 Å². The Morgan fingerprint density at radius 1 is 1.05 bits per heavy atom. The first-order chi connectivity index (χ1) is 10.0. The molecule has 114 valence electrons. The highest BCUT2D eigenvalue weighted by Gasteiger charge is 2.10. The van der Waals surface area contributed by atoms with E-state index in [-0.39, 0.29) is 12.5 Å². The fraction of sp³-hybridized carbons (Fsp3) is 0.400. The van der Waals surface area contributed by atoms with Crippen LogP contribution >= 0.6 is 0 Å². The van der Waals surface area contributed by atoms with Crippen molar-refractivity contribution in [2.24, 2.45) is 0 Å². The molecule has 0 saturated carbocycles. The number of nitrogens with one attached hydrogen (secondary N) is 2. The maximum absolute atomic E-state index is 11.7. The smallest absolute Gasteiger partial charge is 0.338 e. The third-order valence-electron chi connectivity index (χ3n) is 2.64. The van der Waals surface area contributed by atoms with Crippen LogP contribution in [0.15, 0.2) is 24.3 Å². The number of benzene rings is 1. The minimum Gasteiger partial charge on any atom is -0.452 e. The Kier molecular flexibility index (Phi) is 6.94. The van der Waals surface area contributed by atoms with Crippen LogP contribution in [0.5, 0.6) is 0 Å². The Labute approximate surface area is 123 Å². The fourth-order valence-electron chi connectivity index (χ4n) is 1.46. The number of hydrogen-bond acceptors (Lipinski definition) is 4. The van der Waals surface area contributed by atoms with Crippen molar-refractivity contribution < 1.29 is 19.1 Å². The molecule has 0 bridgehead atoms. The van der Waals surface area contributed by atoms with E-state index in [0.717, 1.165) is 12.0 Å². The standard InChI is InChI=1S/C15H20N2O4/c1-3-8-16-13(18)9-17-14(19)10-21-15(20)12-6-4-11(2)5-7-12/h4-7H,3,8-10H2,1-2H3,(H,16,18)(H,17,19). The second kappa shape index (κ2) is 8.73. The summed E-state index contributed by atoms with van der Waals surface area (Å²) in [6.07, 6.45) is 0.827. The number of carbonyl (C=O) groups is 3. The highest BCUT2D eigenvalue weighted by Crippen LogP contribution is 2.04. The van der Waals surface area contributed by atoms with E-state index in [9.17, 15) is 14.4 Å². The van der Waals surface area contributed by atoms with E-state index >= 15 is 0 Å². The summed E-state index contributed by atoms with van der Waals surface area (Å²) < 4.78 is 4.86. The van der Waals surface area contributed by atoms with E-state index in [1.807, 2.05) is 13.8 Å². The number of hydrogen-bond donors (Lipinski definition) is 2. The van der Waals surface area contributed by atoms with Crippen LogP contribution in [0.1, 0.15) is 29.3 Å². The summed E-state index contributed by atoms with van der Waals surface area (Å²) in [5, 5.41) is 5.00. The van der Waals surface area contributed by atoms with Crippen molar-refractivity contribution in [3.8, 4) is 0 Å². The number of rotatable bonds is 7. The lowest BCUT2D eigenvalue weighted by Crippen LogP contribution is -2.38. The molecule has 0 aliphatic rings. The van der Waals surface area contributed by atoms with Gasteiger partial charge in [-0.3, -0.25) is 9.59 Å². The summed E-state index contributed by atoms with van der Waals surface area (Å²) in [6, 6.07) is 6.84. The molecule has 2 N–H and O–H groups in total. The van der Waals surface area contributed by atoms with Crippen molar-refractivity contribution in [2.45, 2.75) is 20.3 Å². The van der Waals surface area contributed by atoms with Crippen molar-refractivity contribution in [1.82, 2.24) is 10.6 Å². The molecule has 0 fully saturated rings. The summed E-state index contributed by atoms with van der Waals surface area (Å²) in [4.78, 5) is 34.4. The molecule has 0 unspecified atom stereocenters. The monoisotopic (exact) mass is 292 g/mol. The van der Waals surface area contributed by atoms with Gasteiger partial charge in [0.25, 0.3) is 5.91 Å². The molecule has 0 aliphatic carbocycles. The molecule has 0 saturated heterocycles. The molecule has 1 rings (SSSR count). The molecule has 0 atom stereocenters. The van der Waals surface area contributed by atoms with Gasteiger partial charge in [-0.2, -0.15) is 0 Å². The average molecular weight is 292 g/mol. The Hall–Kier alpha value is -2.37. The number of ether oxygens (including phenoxy) is 1. The zero-order valence-corrected chi connectivity index (χ0v) is 12.3. The maximum atomic E-state index is 11.7. The van der Waals surface area contributed by atoms with Gasteiger partial charge in [0.05, 0.1) is 12.1 Å². The lowest BCUT2D eigenvalue weighted by atomic mass is 10.1. The predicted octanol–water partition coefficient (Wildman–Crippen LogP) is 0.794. The largest absolute Gasteiger partial charge is 0.452 e. The summed E-state index contributed by atoms with van der Waals surface area (Å²) in [6.45, 7) is 3.88. The van der Waals surface area contributed by atoms with Gasteiger partial charge in [0.2, 0.25) is 5.91 Å². The third kappa shape index (κ3) is 6.56. The second-order valence-electron chi connectivity index (χ2n) is 4.57. The molecular formula is C15H20N2O4. The van der Waals surface area contributed by atoms with Crippen molar-refractivity contribution in [1.29, 1.82) is 0 Å². The molecule has 1 aromatic carbocycles. The van der Waals surface area contributed by atoms with Crippen LogP contribution < -0.4 is 10.6 Å². The highest BCUT2D eigenvalue weighted by atomic mass is 16.5. The van der Waals surface area contributed by atoms with Crippen molar-refractivity contribution in [3.05, 3.63) is 35.4 Å². The zero-order valence-electron chi connectivity index (χ0n) is 12.3. The quantitative estimate of drug-likeness (QED) is 0.728. The van der Waals surface area contributed by atoms with Crippen LogP contribution in [0, 0.1) is 6.92 Å². The molecule has 6 nitrogen and oxygen atoms in total. The van der Waals surface area contributed by atoms with Gasteiger partial charge < -0.3 is 15.4 Å². The van der Waals surface area contributed by atoms with Gasteiger partial charge >= 0.3 is 5.97 Å². The van der Waals surface area contributed by atoms with Gasteiger partial charge in [-0.05, 0) is 25.5 Å². The Morgan fingerprint density at radius 2 is 1.71 bits per heavy atom. The number of esters is 1. The predicted molar refractivity (Wildman–Crippen MR) is 77.8 cm³/mol. The molecule has 2 amide bonds. The van der Waals surface area contributed by atoms with Crippen LogP contribution in [0.3, 0.4) is 0 Å². The lowest BCUT2D eigenvalue weighted by Gasteiger charge is -2.07. The van der Waals surface area contributed by atoms with E-state index in [1.165, 1.54) is 0 Å². The van der Waals surface area contributed by atoms with E-state index < -0.39 is 18.5 Å². The summed E-state index contributed by atoms with van der Waals surface area (Å²) >= 11 is 0. The summed E-state index contributed by atoms with van der Waals surface area (Å²) in [5.74, 6) is -1.35. The second-order valence-corrected chi connectivity index (χ2v) is 4.57. The fourth-order valence-corrected chi connectivity index (χ4v) is 1.46. The SMILES string of the molecule is CCCNC(=O)CNC(=O)COC(=O)c1ccc(C)cc1. The molecular weight excluding hydrogens is 272 g/mol. The van der Waals surface area contributed by atoms with Crippen molar-refractivity contribution >= 4 is 17.8 Å². The highest BCUT2D eigenvalue weighted by molar-refractivity contribution is 5.92. The summed E-state index contributed by atoms with van der Waals surface area (Å²) in [5.41, 5.74) is 1.41. The van der Waals surface area contributed by atoms with Crippen molar-refractivity contribution in [3.63, 3.8) is 0 Å². The first-order valence-electron chi connectivity index (χ1n) is 6.80. The van der Waals surface area contributed by atoms with Crippen LogP contribution in [-0.4, -0.2) is 37.5 Å². The normalized spacial score (nSPS) is 9.81. The topological polar surface area (TPSA) is 84.5 Å². The van der Waals surface area contributed by atoms with Crippen LogP contribution in [0.4, 0.5) is 0 Å². The first kappa shape index (κ1) is 16.7. The molecule has 0 aliphatic heterocycles. The molecule has 21 heavy (non-hydrogen) atoms. The van der Waals surface area contributed by atoms with E-state index in [4.69, 9.17) is 4.74 Å². The van der Waals surface area contributed by atoms with Crippen molar-refractivity contribution in [2.75, 3.05) is 19.7 Å². The minimum absolute atomic E-state index is 0.124. The third-order valence-corrected chi connectivity index (χ3v) is 2.64. The molecule has 0 aromatic heterocycles. The van der Waals surface area contributed by atoms with Gasteiger partial charge in [-0.15, -0.1) is 0 Å². The number of carbonyl (C=O) groups excluding carboxylic acids is 3. The number of aryl methyl sites for hydroxylation is 1. The average Bonchev–Trinajstić information content (AvgIpc) is 2.49. The van der Waals surface area contributed by atoms with Crippen LogP contribution in [-0.2, 0) is 14.3 Å². The molecule has 1 aromatic rings. The molecule has 6 heteroatoms. The molecule has 0 heterocycles. The number of amides is 2. The van der Waals surface area contributed by atoms with Gasteiger partial charge in [-0.1, -0.05) is 24.6 Å².